The number of carbonyl (C=O) groups is 1. The maximum atomic E-state index is 13.4. The number of benzene rings is 1. The average molecular weight is 466 g/mol. The van der Waals surface area contributed by atoms with E-state index in [2.05, 4.69) is 58.3 Å². The van der Waals surface area contributed by atoms with Crippen LogP contribution in [0.3, 0.4) is 0 Å². The van der Waals surface area contributed by atoms with Crippen molar-refractivity contribution in [3.05, 3.63) is 59.3 Å². The molecule has 4 rings (SSSR count). The van der Waals surface area contributed by atoms with Crippen LogP contribution in [0.15, 0.2) is 42.6 Å². The summed E-state index contributed by atoms with van der Waals surface area (Å²) in [6.45, 7) is 8.42. The summed E-state index contributed by atoms with van der Waals surface area (Å²) in [4.78, 5) is 24.6. The number of aryl methyl sites for hydroxylation is 1. The van der Waals surface area contributed by atoms with Gasteiger partial charge in [-0.2, -0.15) is 0 Å². The lowest BCUT2D eigenvalue weighted by Gasteiger charge is -2.37. The summed E-state index contributed by atoms with van der Waals surface area (Å²) in [5.41, 5.74) is 3.24. The van der Waals surface area contributed by atoms with E-state index in [0.717, 1.165) is 57.1 Å². The van der Waals surface area contributed by atoms with Gasteiger partial charge in [0.2, 0.25) is 0 Å². The Morgan fingerprint density at radius 2 is 1.77 bits per heavy atom. The molecule has 1 amide bonds. The Hall–Kier alpha value is -1.86. The topological polar surface area (TPSA) is 51.7 Å². The van der Waals surface area contributed by atoms with Crippen LogP contribution in [0.25, 0.3) is 0 Å². The largest absolute Gasteiger partial charge is 0.354 e. The molecule has 1 N–H and O–H groups in total. The van der Waals surface area contributed by atoms with E-state index in [4.69, 9.17) is 0 Å². The van der Waals surface area contributed by atoms with Gasteiger partial charge in [-0.25, -0.2) is 4.98 Å². The van der Waals surface area contributed by atoms with Gasteiger partial charge in [0.05, 0.1) is 6.04 Å². The zero-order valence-electron chi connectivity index (χ0n) is 18.3. The quantitative estimate of drug-likeness (QED) is 0.751. The SMILES string of the molecule is CCc1ccc(C2CNCCN2C(=O)c2ccnc(N3CCN(C)CC3)c2)cc1.Cl.Cl. The van der Waals surface area contributed by atoms with Crippen molar-refractivity contribution in [2.24, 2.45) is 0 Å². The summed E-state index contributed by atoms with van der Waals surface area (Å²) in [7, 11) is 2.14. The first kappa shape index (κ1) is 25.4. The summed E-state index contributed by atoms with van der Waals surface area (Å²) in [5, 5.41) is 3.45. The number of nitrogens with one attached hydrogen (secondary N) is 1. The predicted molar refractivity (Wildman–Crippen MR) is 131 cm³/mol. The minimum atomic E-state index is 0. The zero-order chi connectivity index (χ0) is 20.2. The molecule has 2 fully saturated rings. The Morgan fingerprint density at radius 3 is 2.45 bits per heavy atom. The van der Waals surface area contributed by atoms with Crippen LogP contribution in [-0.2, 0) is 6.42 Å². The number of carbonyl (C=O) groups excluding carboxylic acids is 1. The van der Waals surface area contributed by atoms with Crippen LogP contribution in [0.1, 0.15) is 34.5 Å². The van der Waals surface area contributed by atoms with Crippen LogP contribution in [-0.4, -0.2) is 73.6 Å². The molecule has 2 aliphatic rings. The van der Waals surface area contributed by atoms with Crippen LogP contribution >= 0.6 is 24.8 Å². The highest BCUT2D eigenvalue weighted by Gasteiger charge is 2.29. The first-order chi connectivity index (χ1) is 14.2. The normalized spacial score (nSPS) is 19.4. The monoisotopic (exact) mass is 465 g/mol. The van der Waals surface area contributed by atoms with Crippen molar-refractivity contribution < 1.29 is 4.79 Å². The first-order valence-electron chi connectivity index (χ1n) is 10.7. The summed E-state index contributed by atoms with van der Waals surface area (Å²) < 4.78 is 0. The van der Waals surface area contributed by atoms with E-state index in [1.807, 2.05) is 17.0 Å². The highest BCUT2D eigenvalue weighted by molar-refractivity contribution is 5.95. The van der Waals surface area contributed by atoms with Crippen LogP contribution in [0.5, 0.6) is 0 Å². The number of nitrogens with zero attached hydrogens (tertiary/aromatic N) is 4. The fourth-order valence-electron chi connectivity index (χ4n) is 4.15. The zero-order valence-corrected chi connectivity index (χ0v) is 19.9. The van der Waals surface area contributed by atoms with Crippen LogP contribution < -0.4 is 10.2 Å². The van der Waals surface area contributed by atoms with Gasteiger partial charge in [0, 0.05) is 57.6 Å². The van der Waals surface area contributed by atoms with Crippen molar-refractivity contribution in [1.29, 1.82) is 0 Å². The van der Waals surface area contributed by atoms with Gasteiger partial charge in [-0.05, 0) is 36.7 Å². The molecule has 0 radical (unpaired) electrons. The van der Waals surface area contributed by atoms with Crippen LogP contribution in [0.4, 0.5) is 5.82 Å². The van der Waals surface area contributed by atoms with Gasteiger partial charge in [-0.1, -0.05) is 31.2 Å². The molecule has 1 aromatic carbocycles. The Kier molecular flexibility index (Phi) is 9.56. The molecule has 31 heavy (non-hydrogen) atoms. The molecule has 0 bridgehead atoms. The predicted octanol–water partition coefficient (Wildman–Crippen LogP) is 3.03. The number of amides is 1. The number of anilines is 1. The second kappa shape index (κ2) is 11.7. The number of halogens is 2. The molecule has 0 spiro atoms. The Morgan fingerprint density at radius 1 is 1.06 bits per heavy atom. The van der Waals surface area contributed by atoms with E-state index in [1.165, 1.54) is 11.1 Å². The van der Waals surface area contributed by atoms with Gasteiger partial charge in [0.15, 0.2) is 0 Å². The number of piperazine rings is 2. The molecule has 3 heterocycles. The van der Waals surface area contributed by atoms with E-state index >= 15 is 0 Å². The number of pyridine rings is 1. The third-order valence-corrected chi connectivity index (χ3v) is 6.10. The Labute approximate surface area is 197 Å². The third kappa shape index (κ3) is 5.89. The number of rotatable bonds is 4. The number of hydrogen-bond acceptors (Lipinski definition) is 5. The Balaban J connectivity index is 0.00000171. The van der Waals surface area contributed by atoms with E-state index < -0.39 is 0 Å². The first-order valence-corrected chi connectivity index (χ1v) is 10.7. The van der Waals surface area contributed by atoms with Crippen molar-refractivity contribution in [2.75, 3.05) is 57.8 Å². The fraction of sp³-hybridized carbons (Fsp3) is 0.478. The van der Waals surface area contributed by atoms with Gasteiger partial charge in [-0.15, -0.1) is 24.8 Å². The molecule has 0 saturated carbocycles. The maximum Gasteiger partial charge on any atom is 0.254 e. The van der Waals surface area contributed by atoms with Gasteiger partial charge >= 0.3 is 0 Å². The lowest BCUT2D eigenvalue weighted by atomic mass is 10.00. The van der Waals surface area contributed by atoms with Crippen molar-refractivity contribution in [3.8, 4) is 0 Å². The lowest BCUT2D eigenvalue weighted by Crippen LogP contribution is -2.48. The highest BCUT2D eigenvalue weighted by atomic mass is 35.5. The van der Waals surface area contributed by atoms with Crippen molar-refractivity contribution >= 4 is 36.5 Å². The van der Waals surface area contributed by atoms with Crippen molar-refractivity contribution in [1.82, 2.24) is 20.1 Å². The highest BCUT2D eigenvalue weighted by Crippen LogP contribution is 2.26. The minimum absolute atomic E-state index is 0. The third-order valence-electron chi connectivity index (χ3n) is 6.10. The molecule has 2 saturated heterocycles. The second-order valence-electron chi connectivity index (χ2n) is 8.01. The van der Waals surface area contributed by atoms with Gasteiger partial charge in [0.1, 0.15) is 5.82 Å². The molecular formula is C23H33Cl2N5O. The second-order valence-corrected chi connectivity index (χ2v) is 8.01. The van der Waals surface area contributed by atoms with Gasteiger partial charge < -0.3 is 20.0 Å². The molecule has 2 aliphatic heterocycles. The number of hydrogen-bond donors (Lipinski definition) is 1. The van der Waals surface area contributed by atoms with E-state index in [0.29, 0.717) is 6.54 Å². The van der Waals surface area contributed by atoms with Crippen molar-refractivity contribution in [2.45, 2.75) is 19.4 Å². The molecule has 0 aliphatic carbocycles. The number of likely N-dealkylation sites (N-methyl/N-ethyl adjacent to an activating group) is 1. The summed E-state index contributed by atoms with van der Waals surface area (Å²) in [6.07, 6.45) is 2.80. The standard InChI is InChI=1S/C23H31N5O.2ClH/c1-3-18-4-6-19(7-5-18)21-17-24-10-11-28(21)23(29)20-8-9-25-22(16-20)27-14-12-26(2)13-15-27;;/h4-9,16,21,24H,3,10-15,17H2,1-2H3;2*1H. The molecule has 1 aromatic heterocycles. The average Bonchev–Trinajstić information content (AvgIpc) is 2.79. The summed E-state index contributed by atoms with van der Waals surface area (Å²) in [5.74, 6) is 0.997. The maximum absolute atomic E-state index is 13.4. The lowest BCUT2D eigenvalue weighted by molar-refractivity contribution is 0.0634. The molecule has 6 nitrogen and oxygen atoms in total. The van der Waals surface area contributed by atoms with E-state index in [1.54, 1.807) is 6.20 Å². The molecule has 170 valence electrons. The van der Waals surface area contributed by atoms with Crippen LogP contribution in [0.2, 0.25) is 0 Å². The molecule has 2 aromatic rings. The van der Waals surface area contributed by atoms with E-state index in [9.17, 15) is 4.79 Å². The van der Waals surface area contributed by atoms with Crippen LogP contribution in [0, 0.1) is 0 Å². The smallest absolute Gasteiger partial charge is 0.254 e. The molecule has 8 heteroatoms. The number of aromatic nitrogens is 1. The molecular weight excluding hydrogens is 433 g/mol. The summed E-state index contributed by atoms with van der Waals surface area (Å²) >= 11 is 0. The van der Waals surface area contributed by atoms with Gasteiger partial charge in [-0.3, -0.25) is 4.79 Å². The fourth-order valence-corrected chi connectivity index (χ4v) is 4.15. The van der Waals surface area contributed by atoms with Crippen molar-refractivity contribution in [3.63, 3.8) is 0 Å². The van der Waals surface area contributed by atoms with E-state index in [-0.39, 0.29) is 36.8 Å². The summed E-state index contributed by atoms with van der Waals surface area (Å²) in [6, 6.07) is 12.5. The molecule has 1 atom stereocenters. The molecule has 1 unspecified atom stereocenters. The minimum Gasteiger partial charge on any atom is -0.354 e. The van der Waals surface area contributed by atoms with Gasteiger partial charge in [0.25, 0.3) is 5.91 Å². The Bertz CT molecular complexity index is 840.